The molecule has 0 spiro atoms. The van der Waals surface area contributed by atoms with Gasteiger partial charge in [-0.25, -0.2) is 0 Å². The van der Waals surface area contributed by atoms with Crippen LogP contribution in [0.4, 0.5) is 14.5 Å². The highest BCUT2D eigenvalue weighted by Gasteiger charge is 2.18. The average molecular weight is 300 g/mol. The second-order valence-corrected chi connectivity index (χ2v) is 5.99. The molecule has 0 fully saturated rings. The minimum absolute atomic E-state index is 0.156. The molecule has 1 aromatic rings. The molecule has 1 unspecified atom stereocenters. The Morgan fingerprint density at radius 2 is 2.00 bits per heavy atom. The van der Waals surface area contributed by atoms with Crippen molar-refractivity contribution in [3.8, 4) is 5.75 Å². The fraction of sp³-hybridized carbons (Fsp3) is 0.500. The highest BCUT2D eigenvalue weighted by Crippen LogP contribution is 2.24. The largest absolute Gasteiger partial charge is 0.435 e. The van der Waals surface area contributed by atoms with E-state index in [0.717, 1.165) is 23.0 Å². The van der Waals surface area contributed by atoms with Crippen LogP contribution in [0.25, 0.3) is 0 Å². The minimum Gasteiger partial charge on any atom is -0.435 e. The van der Waals surface area contributed by atoms with Gasteiger partial charge < -0.3 is 10.1 Å². The molecule has 0 aromatic heterocycles. The van der Waals surface area contributed by atoms with Gasteiger partial charge in [0, 0.05) is 11.4 Å². The first kappa shape index (κ1) is 15.1. The lowest BCUT2D eigenvalue weighted by molar-refractivity contribution is -0.0498. The van der Waals surface area contributed by atoms with E-state index in [1.54, 1.807) is 23.9 Å². The van der Waals surface area contributed by atoms with E-state index in [1.165, 1.54) is 12.1 Å². The first-order valence-electron chi connectivity index (χ1n) is 6.57. The molecule has 3 nitrogen and oxygen atoms in total. The van der Waals surface area contributed by atoms with E-state index in [2.05, 4.69) is 28.9 Å². The number of nitrogens with zero attached hydrogens (tertiary/aromatic N) is 1. The van der Waals surface area contributed by atoms with Gasteiger partial charge in [0.05, 0.1) is 6.04 Å². The summed E-state index contributed by atoms with van der Waals surface area (Å²) in [6.45, 7) is 1.54. The van der Waals surface area contributed by atoms with E-state index in [0.29, 0.717) is 12.0 Å². The van der Waals surface area contributed by atoms with E-state index in [4.69, 9.17) is 0 Å². The number of aliphatic imine (C=N–C) groups is 1. The number of nitrogens with one attached hydrogen (secondary N) is 1. The molecule has 2 rings (SSSR count). The molecule has 6 heteroatoms. The molecule has 0 radical (unpaired) electrons. The molecule has 0 amide bonds. The zero-order valence-corrected chi connectivity index (χ0v) is 12.3. The molecule has 1 aliphatic heterocycles. The molecule has 0 saturated heterocycles. The Labute approximate surface area is 121 Å². The van der Waals surface area contributed by atoms with Crippen LogP contribution in [0.15, 0.2) is 29.3 Å². The maximum Gasteiger partial charge on any atom is 0.387 e. The smallest absolute Gasteiger partial charge is 0.387 e. The summed E-state index contributed by atoms with van der Waals surface area (Å²) in [5, 5.41) is 4.10. The van der Waals surface area contributed by atoms with Crippen LogP contribution in [-0.2, 0) is 0 Å². The monoisotopic (exact) mass is 300 g/mol. The van der Waals surface area contributed by atoms with Crippen LogP contribution in [0.1, 0.15) is 20.3 Å². The van der Waals surface area contributed by atoms with Crippen molar-refractivity contribution in [1.82, 2.24) is 0 Å². The van der Waals surface area contributed by atoms with Gasteiger partial charge >= 0.3 is 6.61 Å². The van der Waals surface area contributed by atoms with E-state index in [-0.39, 0.29) is 5.75 Å². The van der Waals surface area contributed by atoms with E-state index in [1.807, 2.05) is 0 Å². The van der Waals surface area contributed by atoms with E-state index < -0.39 is 6.61 Å². The zero-order chi connectivity index (χ0) is 14.5. The SMILES string of the molecule is CC(C)C1CCSC(Nc2ccc(OC(F)F)cc2)=N1. The van der Waals surface area contributed by atoms with Crippen LogP contribution in [-0.4, -0.2) is 23.6 Å². The van der Waals surface area contributed by atoms with Crippen LogP contribution in [0.2, 0.25) is 0 Å². The summed E-state index contributed by atoms with van der Waals surface area (Å²) in [5.41, 5.74) is 0.822. The van der Waals surface area contributed by atoms with E-state index >= 15 is 0 Å². The molecule has 20 heavy (non-hydrogen) atoms. The average Bonchev–Trinajstić information content (AvgIpc) is 2.41. The number of thioether (sulfide) groups is 1. The first-order valence-corrected chi connectivity index (χ1v) is 7.55. The molecule has 1 N–H and O–H groups in total. The zero-order valence-electron chi connectivity index (χ0n) is 11.5. The number of amidine groups is 1. The van der Waals surface area contributed by atoms with Gasteiger partial charge in [0.1, 0.15) is 5.75 Å². The van der Waals surface area contributed by atoms with Crippen molar-refractivity contribution in [3.63, 3.8) is 0 Å². The van der Waals surface area contributed by atoms with Gasteiger partial charge in [0.25, 0.3) is 0 Å². The maximum absolute atomic E-state index is 12.1. The summed E-state index contributed by atoms with van der Waals surface area (Å²) in [4.78, 5) is 4.66. The van der Waals surface area contributed by atoms with Gasteiger partial charge in [-0.15, -0.1) is 0 Å². The summed E-state index contributed by atoms with van der Waals surface area (Å²) in [7, 11) is 0. The highest BCUT2D eigenvalue weighted by atomic mass is 32.2. The molecule has 110 valence electrons. The first-order chi connectivity index (χ1) is 9.54. The van der Waals surface area contributed by atoms with Crippen molar-refractivity contribution in [2.75, 3.05) is 11.1 Å². The second kappa shape index (κ2) is 6.92. The minimum atomic E-state index is -2.79. The molecule has 0 bridgehead atoms. The number of halogens is 2. The fourth-order valence-corrected chi connectivity index (χ4v) is 2.88. The van der Waals surface area contributed by atoms with Crippen molar-refractivity contribution in [1.29, 1.82) is 0 Å². The lowest BCUT2D eigenvalue weighted by Gasteiger charge is -2.23. The maximum atomic E-state index is 12.1. The van der Waals surface area contributed by atoms with Crippen molar-refractivity contribution >= 4 is 22.6 Å². The van der Waals surface area contributed by atoms with E-state index in [9.17, 15) is 8.78 Å². The third-order valence-corrected chi connectivity index (χ3v) is 3.96. The molecule has 1 heterocycles. The number of anilines is 1. The normalized spacial score (nSPS) is 19.1. The summed E-state index contributed by atoms with van der Waals surface area (Å²) < 4.78 is 28.4. The number of benzene rings is 1. The second-order valence-electron chi connectivity index (χ2n) is 4.91. The van der Waals surface area contributed by atoms with Crippen LogP contribution < -0.4 is 10.1 Å². The topological polar surface area (TPSA) is 33.6 Å². The van der Waals surface area contributed by atoms with Crippen LogP contribution >= 0.6 is 11.8 Å². The standard InChI is InChI=1S/C14H18F2N2OS/c1-9(2)12-7-8-20-14(18-12)17-10-3-5-11(6-4-10)19-13(15)16/h3-6,9,12-13H,7-8H2,1-2H3,(H,17,18). The molecular formula is C14H18F2N2OS. The lowest BCUT2D eigenvalue weighted by Crippen LogP contribution is -2.23. The molecule has 1 atom stereocenters. The Morgan fingerprint density at radius 3 is 2.60 bits per heavy atom. The van der Waals surface area contributed by atoms with Crippen LogP contribution in [0.5, 0.6) is 5.75 Å². The number of alkyl halides is 2. The van der Waals surface area contributed by atoms with Crippen LogP contribution in [0, 0.1) is 5.92 Å². The van der Waals surface area contributed by atoms with Gasteiger partial charge in [-0.3, -0.25) is 4.99 Å². The Kier molecular flexibility index (Phi) is 5.23. The predicted octanol–water partition coefficient (Wildman–Crippen LogP) is 4.22. The number of hydrogen-bond acceptors (Lipinski definition) is 4. The Hall–Kier alpha value is -1.30. The highest BCUT2D eigenvalue weighted by molar-refractivity contribution is 8.14. The summed E-state index contributed by atoms with van der Waals surface area (Å²) in [5.74, 6) is 1.72. The quantitative estimate of drug-likeness (QED) is 0.904. The van der Waals surface area contributed by atoms with Crippen LogP contribution in [0.3, 0.4) is 0 Å². The van der Waals surface area contributed by atoms with Gasteiger partial charge in [-0.2, -0.15) is 8.78 Å². The Bertz CT molecular complexity index is 463. The third-order valence-electron chi connectivity index (χ3n) is 3.04. The third kappa shape index (κ3) is 4.37. The van der Waals surface area contributed by atoms with Gasteiger partial charge in [-0.1, -0.05) is 25.6 Å². The number of rotatable bonds is 4. The van der Waals surface area contributed by atoms with Crippen molar-refractivity contribution < 1.29 is 13.5 Å². The summed E-state index contributed by atoms with van der Waals surface area (Å²) in [6.07, 6.45) is 1.09. The Balaban J connectivity index is 1.99. The summed E-state index contributed by atoms with van der Waals surface area (Å²) >= 11 is 1.68. The molecule has 0 aliphatic carbocycles. The van der Waals surface area contributed by atoms with Crippen molar-refractivity contribution in [2.45, 2.75) is 32.9 Å². The summed E-state index contributed by atoms with van der Waals surface area (Å²) in [6, 6.07) is 6.80. The molecule has 1 aliphatic rings. The number of ether oxygens (including phenoxy) is 1. The molecule has 0 saturated carbocycles. The van der Waals surface area contributed by atoms with Gasteiger partial charge in [0.15, 0.2) is 5.17 Å². The molecular weight excluding hydrogens is 282 g/mol. The predicted molar refractivity (Wildman–Crippen MR) is 79.8 cm³/mol. The van der Waals surface area contributed by atoms with Gasteiger partial charge in [-0.05, 0) is 36.6 Å². The Morgan fingerprint density at radius 1 is 1.30 bits per heavy atom. The lowest BCUT2D eigenvalue weighted by atomic mass is 10.0. The number of hydrogen-bond donors (Lipinski definition) is 1. The van der Waals surface area contributed by atoms with Gasteiger partial charge in [0.2, 0.25) is 0 Å². The van der Waals surface area contributed by atoms with Crippen molar-refractivity contribution in [3.05, 3.63) is 24.3 Å². The molecule has 1 aromatic carbocycles. The van der Waals surface area contributed by atoms with Crippen molar-refractivity contribution in [2.24, 2.45) is 10.9 Å². The fourth-order valence-electron chi connectivity index (χ4n) is 1.92.